The Hall–Kier alpha value is -1.66. The Balaban J connectivity index is 2.15. The molecule has 6 nitrogen and oxygen atoms in total. The van der Waals surface area contributed by atoms with Crippen molar-refractivity contribution in [2.24, 2.45) is 11.1 Å². The average Bonchev–Trinajstić information content (AvgIpc) is 2.74. The summed E-state index contributed by atoms with van der Waals surface area (Å²) in [6.07, 6.45) is 1.62. The normalized spacial score (nSPS) is 26.2. The number of rotatable bonds is 4. The Kier molecular flexibility index (Phi) is 4.01. The Bertz CT molecular complexity index is 466. The van der Waals surface area contributed by atoms with E-state index in [1.807, 2.05) is 6.92 Å². The van der Waals surface area contributed by atoms with E-state index < -0.39 is 5.41 Å². The van der Waals surface area contributed by atoms with Crippen LogP contribution in [0.2, 0.25) is 0 Å². The van der Waals surface area contributed by atoms with Crippen LogP contribution in [0.5, 0.6) is 5.88 Å². The summed E-state index contributed by atoms with van der Waals surface area (Å²) in [5.74, 6) is 0.237. The number of nitrogens with two attached hydrogens (primary N) is 1. The van der Waals surface area contributed by atoms with Crippen molar-refractivity contribution in [3.05, 3.63) is 18.3 Å². The van der Waals surface area contributed by atoms with Crippen LogP contribution in [0.15, 0.2) is 18.3 Å². The summed E-state index contributed by atoms with van der Waals surface area (Å²) in [6.45, 7) is 4.87. The zero-order valence-corrected chi connectivity index (χ0v) is 11.2. The van der Waals surface area contributed by atoms with Gasteiger partial charge in [-0.1, -0.05) is 0 Å². The van der Waals surface area contributed by atoms with Crippen molar-refractivity contribution in [3.8, 4) is 5.88 Å². The van der Waals surface area contributed by atoms with Gasteiger partial charge in [0, 0.05) is 12.2 Å². The van der Waals surface area contributed by atoms with Crippen molar-refractivity contribution < 1.29 is 14.3 Å². The molecule has 104 valence electrons. The number of hydrogen-bond donors (Lipinski definition) is 2. The molecule has 2 atom stereocenters. The zero-order chi connectivity index (χ0) is 13.9. The second kappa shape index (κ2) is 5.54. The fraction of sp³-hybridized carbons (Fsp3) is 0.538. The lowest BCUT2D eigenvalue weighted by atomic mass is 9.85. The van der Waals surface area contributed by atoms with Gasteiger partial charge in [-0.3, -0.25) is 4.79 Å². The molecular weight excluding hydrogens is 246 g/mol. The standard InChI is InChI=1S/C13H19N3O3/c1-3-19-11-9(5-4-6-15-11)16-12(17)13(2)8-18-7-10(13)14/h4-6,10H,3,7-8,14H2,1-2H3,(H,16,17). The number of hydrogen-bond acceptors (Lipinski definition) is 5. The number of carbonyl (C=O) groups is 1. The number of carbonyl (C=O) groups excluding carboxylic acids is 1. The second-order valence-electron chi connectivity index (χ2n) is 4.78. The largest absolute Gasteiger partial charge is 0.476 e. The van der Waals surface area contributed by atoms with Crippen molar-refractivity contribution in [1.29, 1.82) is 0 Å². The minimum absolute atomic E-state index is 0.175. The molecule has 2 unspecified atom stereocenters. The highest BCUT2D eigenvalue weighted by atomic mass is 16.5. The third-order valence-corrected chi connectivity index (χ3v) is 3.34. The average molecular weight is 265 g/mol. The molecule has 0 spiro atoms. The van der Waals surface area contributed by atoms with Crippen LogP contribution in [0.3, 0.4) is 0 Å². The molecule has 1 amide bonds. The number of ether oxygens (including phenoxy) is 2. The molecule has 2 heterocycles. The zero-order valence-electron chi connectivity index (χ0n) is 11.2. The molecule has 0 aromatic carbocycles. The first kappa shape index (κ1) is 13.8. The van der Waals surface area contributed by atoms with Crippen molar-refractivity contribution in [2.75, 3.05) is 25.1 Å². The summed E-state index contributed by atoms with van der Waals surface area (Å²) in [5, 5.41) is 2.82. The molecule has 0 saturated carbocycles. The molecule has 1 aliphatic rings. The number of amides is 1. The summed E-state index contributed by atoms with van der Waals surface area (Å²) in [7, 11) is 0. The lowest BCUT2D eigenvalue weighted by molar-refractivity contribution is -0.125. The Labute approximate surface area is 112 Å². The van der Waals surface area contributed by atoms with Crippen LogP contribution in [0, 0.1) is 5.41 Å². The molecule has 1 fully saturated rings. The molecule has 19 heavy (non-hydrogen) atoms. The fourth-order valence-electron chi connectivity index (χ4n) is 1.93. The predicted octanol–water partition coefficient (Wildman–Crippen LogP) is 0.783. The van der Waals surface area contributed by atoms with Gasteiger partial charge < -0.3 is 20.5 Å². The van der Waals surface area contributed by atoms with E-state index in [2.05, 4.69) is 10.3 Å². The summed E-state index contributed by atoms with van der Waals surface area (Å²) < 4.78 is 10.6. The van der Waals surface area contributed by atoms with Crippen LogP contribution in [0.1, 0.15) is 13.8 Å². The van der Waals surface area contributed by atoms with Crippen molar-refractivity contribution in [1.82, 2.24) is 4.98 Å². The van der Waals surface area contributed by atoms with Gasteiger partial charge >= 0.3 is 0 Å². The van der Waals surface area contributed by atoms with Crippen LogP contribution < -0.4 is 15.8 Å². The van der Waals surface area contributed by atoms with Gasteiger partial charge in [-0.15, -0.1) is 0 Å². The molecule has 1 aliphatic heterocycles. The number of aromatic nitrogens is 1. The number of nitrogens with zero attached hydrogens (tertiary/aromatic N) is 1. The number of nitrogens with one attached hydrogen (secondary N) is 1. The first-order valence-electron chi connectivity index (χ1n) is 6.30. The monoisotopic (exact) mass is 265 g/mol. The fourth-order valence-corrected chi connectivity index (χ4v) is 1.93. The summed E-state index contributed by atoms with van der Waals surface area (Å²) in [6, 6.07) is 3.19. The summed E-state index contributed by atoms with van der Waals surface area (Å²) in [5.41, 5.74) is 5.76. The van der Waals surface area contributed by atoms with Crippen molar-refractivity contribution in [3.63, 3.8) is 0 Å². The Morgan fingerprint density at radius 1 is 1.74 bits per heavy atom. The van der Waals surface area contributed by atoms with Crippen LogP contribution in [-0.2, 0) is 9.53 Å². The SMILES string of the molecule is CCOc1ncccc1NC(=O)C1(C)COCC1N. The molecule has 3 N–H and O–H groups in total. The molecule has 6 heteroatoms. The molecule has 0 bridgehead atoms. The lowest BCUT2D eigenvalue weighted by Gasteiger charge is -2.25. The van der Waals surface area contributed by atoms with Gasteiger partial charge in [0.2, 0.25) is 11.8 Å². The van der Waals surface area contributed by atoms with Gasteiger partial charge in [0.05, 0.1) is 25.2 Å². The smallest absolute Gasteiger partial charge is 0.237 e. The molecule has 1 aromatic rings. The molecule has 0 aliphatic carbocycles. The van der Waals surface area contributed by atoms with Crippen molar-refractivity contribution in [2.45, 2.75) is 19.9 Å². The van der Waals surface area contributed by atoms with E-state index in [9.17, 15) is 4.79 Å². The number of pyridine rings is 1. The van der Waals surface area contributed by atoms with Gasteiger partial charge in [0.15, 0.2) is 0 Å². The third kappa shape index (κ3) is 2.69. The first-order chi connectivity index (χ1) is 9.08. The topological polar surface area (TPSA) is 86.5 Å². The molecule has 1 aromatic heterocycles. The Morgan fingerprint density at radius 3 is 3.16 bits per heavy atom. The Morgan fingerprint density at radius 2 is 2.53 bits per heavy atom. The highest BCUT2D eigenvalue weighted by Gasteiger charge is 2.44. The third-order valence-electron chi connectivity index (χ3n) is 3.34. The van der Waals surface area contributed by atoms with Gasteiger partial charge in [-0.2, -0.15) is 0 Å². The minimum atomic E-state index is -0.723. The molecule has 1 saturated heterocycles. The van der Waals surface area contributed by atoms with E-state index in [1.54, 1.807) is 25.3 Å². The van der Waals surface area contributed by atoms with Gasteiger partial charge in [-0.05, 0) is 26.0 Å². The number of anilines is 1. The molecular formula is C13H19N3O3. The maximum absolute atomic E-state index is 12.3. The van der Waals surface area contributed by atoms with Crippen LogP contribution in [-0.4, -0.2) is 36.8 Å². The minimum Gasteiger partial charge on any atom is -0.476 e. The highest BCUT2D eigenvalue weighted by Crippen LogP contribution is 2.30. The highest BCUT2D eigenvalue weighted by molar-refractivity contribution is 5.96. The van der Waals surface area contributed by atoms with E-state index in [4.69, 9.17) is 15.2 Å². The van der Waals surface area contributed by atoms with Gasteiger partial charge in [0.1, 0.15) is 5.69 Å². The predicted molar refractivity (Wildman–Crippen MR) is 70.9 cm³/mol. The van der Waals surface area contributed by atoms with Crippen LogP contribution in [0.25, 0.3) is 0 Å². The van der Waals surface area contributed by atoms with Gasteiger partial charge in [-0.25, -0.2) is 4.98 Å². The van der Waals surface area contributed by atoms with Crippen LogP contribution >= 0.6 is 0 Å². The van der Waals surface area contributed by atoms with E-state index in [0.717, 1.165) is 0 Å². The van der Waals surface area contributed by atoms with E-state index >= 15 is 0 Å². The van der Waals surface area contributed by atoms with Gasteiger partial charge in [0.25, 0.3) is 0 Å². The molecule has 2 rings (SSSR count). The maximum Gasteiger partial charge on any atom is 0.237 e. The van der Waals surface area contributed by atoms with E-state index in [-0.39, 0.29) is 11.9 Å². The lowest BCUT2D eigenvalue weighted by Crippen LogP contribution is -2.47. The van der Waals surface area contributed by atoms with E-state index in [0.29, 0.717) is 31.4 Å². The maximum atomic E-state index is 12.3. The van der Waals surface area contributed by atoms with Crippen LogP contribution in [0.4, 0.5) is 5.69 Å². The van der Waals surface area contributed by atoms with Crippen molar-refractivity contribution >= 4 is 11.6 Å². The first-order valence-corrected chi connectivity index (χ1v) is 6.30. The summed E-state index contributed by atoms with van der Waals surface area (Å²) in [4.78, 5) is 16.4. The summed E-state index contributed by atoms with van der Waals surface area (Å²) >= 11 is 0. The second-order valence-corrected chi connectivity index (χ2v) is 4.78. The van der Waals surface area contributed by atoms with E-state index in [1.165, 1.54) is 0 Å². The molecule has 0 radical (unpaired) electrons. The quantitative estimate of drug-likeness (QED) is 0.840.